The summed E-state index contributed by atoms with van der Waals surface area (Å²) in [5.74, 6) is 1.07. The number of nitrogens with zero attached hydrogens (tertiary/aromatic N) is 2. The highest BCUT2D eigenvalue weighted by atomic mass is 127. The van der Waals surface area contributed by atoms with Crippen molar-refractivity contribution in [1.82, 2.24) is 10.2 Å². The maximum absolute atomic E-state index is 5.90. The molecule has 2 rings (SSSR count). The van der Waals surface area contributed by atoms with Gasteiger partial charge in [0.1, 0.15) is 0 Å². The van der Waals surface area contributed by atoms with Crippen molar-refractivity contribution in [3.63, 3.8) is 0 Å². The lowest BCUT2D eigenvalue weighted by Gasteiger charge is -2.28. The van der Waals surface area contributed by atoms with Gasteiger partial charge in [-0.3, -0.25) is 9.89 Å². The third kappa shape index (κ3) is 7.75. The summed E-state index contributed by atoms with van der Waals surface area (Å²) in [4.78, 5) is 8.24. The van der Waals surface area contributed by atoms with Gasteiger partial charge in [-0.05, 0) is 23.8 Å². The molecule has 126 valence electrons. The number of morpholine rings is 1. The molecule has 1 aliphatic rings. The van der Waals surface area contributed by atoms with Crippen LogP contribution in [0.4, 0.5) is 0 Å². The van der Waals surface area contributed by atoms with Crippen LogP contribution < -0.4 is 11.1 Å². The van der Waals surface area contributed by atoms with E-state index in [1.54, 1.807) is 11.3 Å². The lowest BCUT2D eigenvalue weighted by Crippen LogP contribution is -2.39. The van der Waals surface area contributed by atoms with Gasteiger partial charge in [-0.2, -0.15) is 0 Å². The van der Waals surface area contributed by atoms with E-state index in [2.05, 4.69) is 39.6 Å². The summed E-state index contributed by atoms with van der Waals surface area (Å²) in [7, 11) is 0. The van der Waals surface area contributed by atoms with Crippen LogP contribution in [0.2, 0.25) is 0 Å². The summed E-state index contributed by atoms with van der Waals surface area (Å²) in [6, 6.07) is 4.22. The SMILES string of the molecule is CC(CN=C(N)NCCc1cccs1)CN1CCOCC1.I. The fourth-order valence-corrected chi connectivity index (χ4v) is 3.07. The molecule has 1 fully saturated rings. The Morgan fingerprint density at radius 1 is 1.50 bits per heavy atom. The minimum Gasteiger partial charge on any atom is -0.379 e. The van der Waals surface area contributed by atoms with Crippen molar-refractivity contribution in [1.29, 1.82) is 0 Å². The standard InChI is InChI=1S/C15H26N4OS.HI/c1-13(12-19-6-8-20-9-7-19)11-18-15(16)17-5-4-14-3-2-10-21-14;/h2-3,10,13H,4-9,11-12H2,1H3,(H3,16,17,18);1H. The van der Waals surface area contributed by atoms with Gasteiger partial charge in [0.2, 0.25) is 0 Å². The first-order valence-electron chi connectivity index (χ1n) is 7.60. The van der Waals surface area contributed by atoms with Crippen molar-refractivity contribution in [2.75, 3.05) is 45.9 Å². The Bertz CT molecular complexity index is 421. The number of hydrogen-bond donors (Lipinski definition) is 2. The summed E-state index contributed by atoms with van der Waals surface area (Å²) >= 11 is 1.78. The molecule has 0 amide bonds. The highest BCUT2D eigenvalue weighted by Gasteiger charge is 2.13. The number of halogens is 1. The number of hydrogen-bond acceptors (Lipinski definition) is 4. The van der Waals surface area contributed by atoms with Crippen LogP contribution in [0.3, 0.4) is 0 Å². The Hall–Kier alpha value is -0.380. The first-order chi connectivity index (χ1) is 10.2. The van der Waals surface area contributed by atoms with E-state index >= 15 is 0 Å². The Labute approximate surface area is 154 Å². The van der Waals surface area contributed by atoms with Crippen molar-refractivity contribution < 1.29 is 4.74 Å². The number of guanidine groups is 1. The molecule has 1 unspecified atom stereocenters. The van der Waals surface area contributed by atoms with Gasteiger partial charge >= 0.3 is 0 Å². The van der Waals surface area contributed by atoms with Gasteiger partial charge in [-0.15, -0.1) is 35.3 Å². The smallest absolute Gasteiger partial charge is 0.188 e. The summed E-state index contributed by atoms with van der Waals surface area (Å²) in [5, 5.41) is 5.28. The minimum absolute atomic E-state index is 0. The second-order valence-corrected chi connectivity index (χ2v) is 6.53. The van der Waals surface area contributed by atoms with E-state index in [4.69, 9.17) is 10.5 Å². The first kappa shape index (κ1) is 19.7. The highest BCUT2D eigenvalue weighted by molar-refractivity contribution is 14.0. The van der Waals surface area contributed by atoms with Crippen LogP contribution in [0.1, 0.15) is 11.8 Å². The maximum atomic E-state index is 5.90. The average molecular weight is 438 g/mol. The Morgan fingerprint density at radius 2 is 2.27 bits per heavy atom. The van der Waals surface area contributed by atoms with E-state index in [1.807, 2.05) is 0 Å². The number of nitrogens with one attached hydrogen (secondary N) is 1. The lowest BCUT2D eigenvalue weighted by atomic mass is 10.1. The Kier molecular flexibility index (Phi) is 10.0. The quantitative estimate of drug-likeness (QED) is 0.387. The largest absolute Gasteiger partial charge is 0.379 e. The Balaban J connectivity index is 0.00000242. The predicted molar refractivity (Wildman–Crippen MR) is 104 cm³/mol. The summed E-state index contributed by atoms with van der Waals surface area (Å²) < 4.78 is 5.36. The van der Waals surface area contributed by atoms with Gasteiger partial charge in [0.15, 0.2) is 5.96 Å². The fourth-order valence-electron chi connectivity index (χ4n) is 2.36. The van der Waals surface area contributed by atoms with E-state index in [-0.39, 0.29) is 24.0 Å². The zero-order valence-corrected chi connectivity index (χ0v) is 16.3. The number of ether oxygens (including phenoxy) is 1. The van der Waals surface area contributed by atoms with Crippen molar-refractivity contribution in [2.24, 2.45) is 16.6 Å². The second-order valence-electron chi connectivity index (χ2n) is 5.50. The normalized spacial score (nSPS) is 17.8. The van der Waals surface area contributed by atoms with Crippen molar-refractivity contribution >= 4 is 41.3 Å². The average Bonchev–Trinajstić information content (AvgIpc) is 2.99. The molecule has 5 nitrogen and oxygen atoms in total. The number of nitrogens with two attached hydrogens (primary N) is 1. The molecule has 2 heterocycles. The third-order valence-corrected chi connectivity index (χ3v) is 4.44. The van der Waals surface area contributed by atoms with E-state index in [0.717, 1.165) is 52.4 Å². The number of aliphatic imine (C=N–C) groups is 1. The molecule has 0 aromatic carbocycles. The van der Waals surface area contributed by atoms with Crippen molar-refractivity contribution in [2.45, 2.75) is 13.3 Å². The topological polar surface area (TPSA) is 62.9 Å². The number of rotatable bonds is 7. The molecule has 1 aliphatic heterocycles. The summed E-state index contributed by atoms with van der Waals surface area (Å²) in [6.07, 6.45) is 0.997. The minimum atomic E-state index is 0. The molecule has 0 radical (unpaired) electrons. The molecule has 1 aromatic heterocycles. The van der Waals surface area contributed by atoms with Crippen LogP contribution in [-0.4, -0.2) is 56.8 Å². The zero-order chi connectivity index (χ0) is 14.9. The molecule has 22 heavy (non-hydrogen) atoms. The van der Waals surface area contributed by atoms with Crippen molar-refractivity contribution in [3.05, 3.63) is 22.4 Å². The fraction of sp³-hybridized carbons (Fsp3) is 0.667. The number of thiophene rings is 1. The van der Waals surface area contributed by atoms with Crippen LogP contribution in [0, 0.1) is 5.92 Å². The van der Waals surface area contributed by atoms with Gasteiger partial charge in [-0.25, -0.2) is 0 Å². The van der Waals surface area contributed by atoms with Crippen LogP contribution in [0.15, 0.2) is 22.5 Å². The van der Waals surface area contributed by atoms with Gasteiger partial charge in [0, 0.05) is 37.6 Å². The summed E-state index contributed by atoms with van der Waals surface area (Å²) in [5.41, 5.74) is 5.90. The molecule has 0 spiro atoms. The van der Waals surface area contributed by atoms with Crippen molar-refractivity contribution in [3.8, 4) is 0 Å². The van der Waals surface area contributed by atoms with Crippen LogP contribution in [0.25, 0.3) is 0 Å². The zero-order valence-electron chi connectivity index (χ0n) is 13.2. The van der Waals surface area contributed by atoms with Gasteiger partial charge in [0.05, 0.1) is 13.2 Å². The molecular formula is C15H27IN4OS. The van der Waals surface area contributed by atoms with E-state index in [0.29, 0.717) is 11.9 Å². The Morgan fingerprint density at radius 3 is 2.95 bits per heavy atom. The second kappa shape index (κ2) is 11.2. The monoisotopic (exact) mass is 438 g/mol. The van der Waals surface area contributed by atoms with Crippen LogP contribution in [0.5, 0.6) is 0 Å². The maximum Gasteiger partial charge on any atom is 0.188 e. The van der Waals surface area contributed by atoms with E-state index in [1.165, 1.54) is 4.88 Å². The molecular weight excluding hydrogens is 411 g/mol. The molecule has 0 bridgehead atoms. The van der Waals surface area contributed by atoms with Crippen LogP contribution >= 0.6 is 35.3 Å². The van der Waals surface area contributed by atoms with Gasteiger partial charge in [-0.1, -0.05) is 13.0 Å². The van der Waals surface area contributed by atoms with Gasteiger partial charge in [0.25, 0.3) is 0 Å². The summed E-state index contributed by atoms with van der Waals surface area (Å²) in [6.45, 7) is 8.66. The van der Waals surface area contributed by atoms with Crippen LogP contribution in [-0.2, 0) is 11.2 Å². The van der Waals surface area contributed by atoms with E-state index in [9.17, 15) is 0 Å². The predicted octanol–water partition coefficient (Wildman–Crippen LogP) is 1.78. The first-order valence-corrected chi connectivity index (χ1v) is 8.48. The highest BCUT2D eigenvalue weighted by Crippen LogP contribution is 2.08. The molecule has 3 N–H and O–H groups in total. The molecule has 0 saturated carbocycles. The molecule has 7 heteroatoms. The van der Waals surface area contributed by atoms with Gasteiger partial charge < -0.3 is 15.8 Å². The molecule has 1 aromatic rings. The molecule has 0 aliphatic carbocycles. The third-order valence-electron chi connectivity index (χ3n) is 3.50. The molecule has 1 saturated heterocycles. The molecule has 1 atom stereocenters. The van der Waals surface area contributed by atoms with E-state index < -0.39 is 0 Å². The lowest BCUT2D eigenvalue weighted by molar-refractivity contribution is 0.0323.